The van der Waals surface area contributed by atoms with E-state index in [-0.39, 0.29) is 5.92 Å². The van der Waals surface area contributed by atoms with Gasteiger partial charge in [0.1, 0.15) is 12.5 Å². The molecular weight excluding hydrogens is 156 g/mol. The lowest BCUT2D eigenvalue weighted by Crippen LogP contribution is -1.95. The molecule has 0 saturated carbocycles. The van der Waals surface area contributed by atoms with E-state index in [0.717, 1.165) is 5.69 Å². The van der Waals surface area contributed by atoms with Gasteiger partial charge in [0.05, 0.1) is 17.8 Å². The fourth-order valence-corrected chi connectivity index (χ4v) is 1.02. The standard InChI is InChI=1S/C8H8N2O2/c1-6(7-2-4-12-10-7)8-9-3-5-11-8/h2-6H,1H3. The van der Waals surface area contributed by atoms with Crippen molar-refractivity contribution in [2.45, 2.75) is 12.8 Å². The molecule has 4 heteroatoms. The number of rotatable bonds is 2. The average Bonchev–Trinajstić information content (AvgIpc) is 2.77. The van der Waals surface area contributed by atoms with Crippen LogP contribution in [0, 0.1) is 0 Å². The maximum atomic E-state index is 5.13. The van der Waals surface area contributed by atoms with Crippen molar-refractivity contribution in [3.63, 3.8) is 0 Å². The first-order valence-corrected chi connectivity index (χ1v) is 3.67. The second kappa shape index (κ2) is 2.81. The van der Waals surface area contributed by atoms with Crippen molar-refractivity contribution in [2.24, 2.45) is 0 Å². The van der Waals surface area contributed by atoms with E-state index >= 15 is 0 Å². The van der Waals surface area contributed by atoms with Crippen LogP contribution in [0.1, 0.15) is 24.4 Å². The van der Waals surface area contributed by atoms with Crippen LogP contribution >= 0.6 is 0 Å². The summed E-state index contributed by atoms with van der Waals surface area (Å²) in [6.07, 6.45) is 4.70. The summed E-state index contributed by atoms with van der Waals surface area (Å²) in [5, 5.41) is 3.80. The van der Waals surface area contributed by atoms with Gasteiger partial charge < -0.3 is 8.94 Å². The molecule has 0 bridgehead atoms. The Morgan fingerprint density at radius 2 is 2.33 bits per heavy atom. The summed E-state index contributed by atoms with van der Waals surface area (Å²) in [6, 6.07) is 1.80. The van der Waals surface area contributed by atoms with Crippen LogP contribution in [0.4, 0.5) is 0 Å². The van der Waals surface area contributed by atoms with Gasteiger partial charge in [0, 0.05) is 6.07 Å². The Morgan fingerprint density at radius 3 is 2.92 bits per heavy atom. The number of aromatic nitrogens is 2. The first-order chi connectivity index (χ1) is 5.88. The van der Waals surface area contributed by atoms with E-state index in [9.17, 15) is 0 Å². The third-order valence-corrected chi connectivity index (χ3v) is 1.72. The van der Waals surface area contributed by atoms with E-state index in [0.29, 0.717) is 5.89 Å². The quantitative estimate of drug-likeness (QED) is 0.679. The van der Waals surface area contributed by atoms with Crippen LogP contribution in [0.2, 0.25) is 0 Å². The van der Waals surface area contributed by atoms with E-state index in [1.54, 1.807) is 18.5 Å². The van der Waals surface area contributed by atoms with Crippen molar-refractivity contribution in [3.05, 3.63) is 36.4 Å². The summed E-state index contributed by atoms with van der Waals surface area (Å²) in [6.45, 7) is 1.96. The van der Waals surface area contributed by atoms with Crippen molar-refractivity contribution < 1.29 is 8.94 Å². The summed E-state index contributed by atoms with van der Waals surface area (Å²) in [7, 11) is 0. The average molecular weight is 164 g/mol. The Hall–Kier alpha value is -1.58. The second-order valence-electron chi connectivity index (χ2n) is 2.52. The molecule has 0 aliphatic heterocycles. The van der Waals surface area contributed by atoms with Crippen molar-refractivity contribution >= 4 is 0 Å². The van der Waals surface area contributed by atoms with Gasteiger partial charge >= 0.3 is 0 Å². The van der Waals surface area contributed by atoms with Crippen LogP contribution in [0.25, 0.3) is 0 Å². The zero-order valence-electron chi connectivity index (χ0n) is 6.60. The summed E-state index contributed by atoms with van der Waals surface area (Å²) in [5.41, 5.74) is 0.831. The number of hydrogen-bond donors (Lipinski definition) is 0. The molecule has 0 amide bonds. The minimum absolute atomic E-state index is 0.0544. The van der Waals surface area contributed by atoms with Crippen molar-refractivity contribution in [1.29, 1.82) is 0 Å². The highest BCUT2D eigenvalue weighted by Gasteiger charge is 2.14. The number of nitrogens with zero attached hydrogens (tertiary/aromatic N) is 2. The topological polar surface area (TPSA) is 52.1 Å². The van der Waals surface area contributed by atoms with Gasteiger partial charge in [-0.25, -0.2) is 4.98 Å². The van der Waals surface area contributed by atoms with Crippen LogP contribution in [-0.2, 0) is 0 Å². The summed E-state index contributed by atoms with van der Waals surface area (Å²) in [5.74, 6) is 0.711. The fraction of sp³-hybridized carbons (Fsp3) is 0.250. The molecule has 2 aromatic rings. The SMILES string of the molecule is CC(c1ccon1)c1ncco1. The highest BCUT2D eigenvalue weighted by atomic mass is 16.5. The van der Waals surface area contributed by atoms with Crippen LogP contribution in [-0.4, -0.2) is 10.1 Å². The Morgan fingerprint density at radius 1 is 1.42 bits per heavy atom. The Balaban J connectivity index is 2.27. The lowest BCUT2D eigenvalue weighted by atomic mass is 10.1. The van der Waals surface area contributed by atoms with Crippen molar-refractivity contribution in [3.8, 4) is 0 Å². The van der Waals surface area contributed by atoms with Gasteiger partial charge in [-0.3, -0.25) is 0 Å². The molecule has 0 aromatic carbocycles. The third-order valence-electron chi connectivity index (χ3n) is 1.72. The largest absolute Gasteiger partial charge is 0.448 e. The maximum absolute atomic E-state index is 5.13. The molecule has 62 valence electrons. The minimum Gasteiger partial charge on any atom is -0.448 e. The molecule has 4 nitrogen and oxygen atoms in total. The van der Waals surface area contributed by atoms with E-state index in [2.05, 4.69) is 10.1 Å². The molecule has 1 atom stereocenters. The molecule has 0 saturated heterocycles. The Kier molecular flexibility index (Phi) is 1.66. The van der Waals surface area contributed by atoms with Crippen LogP contribution in [0.5, 0.6) is 0 Å². The van der Waals surface area contributed by atoms with E-state index in [1.807, 2.05) is 6.92 Å². The fourth-order valence-electron chi connectivity index (χ4n) is 1.02. The molecule has 0 radical (unpaired) electrons. The molecule has 0 fully saturated rings. The van der Waals surface area contributed by atoms with Crippen LogP contribution < -0.4 is 0 Å². The van der Waals surface area contributed by atoms with Crippen LogP contribution in [0.15, 0.2) is 33.7 Å². The van der Waals surface area contributed by atoms with Crippen LogP contribution in [0.3, 0.4) is 0 Å². The highest BCUT2D eigenvalue weighted by molar-refractivity contribution is 5.11. The van der Waals surface area contributed by atoms with Gasteiger partial charge in [0.2, 0.25) is 5.89 Å². The lowest BCUT2D eigenvalue weighted by molar-refractivity contribution is 0.401. The third kappa shape index (κ3) is 1.11. The van der Waals surface area contributed by atoms with Crippen molar-refractivity contribution in [1.82, 2.24) is 10.1 Å². The molecular formula is C8H8N2O2. The summed E-state index contributed by atoms with van der Waals surface area (Å²) in [4.78, 5) is 4.02. The number of hydrogen-bond acceptors (Lipinski definition) is 4. The predicted molar refractivity (Wildman–Crippen MR) is 40.5 cm³/mol. The number of oxazole rings is 1. The second-order valence-corrected chi connectivity index (χ2v) is 2.52. The summed E-state index contributed by atoms with van der Waals surface area (Å²) < 4.78 is 9.84. The minimum atomic E-state index is 0.0544. The molecule has 12 heavy (non-hydrogen) atoms. The molecule has 2 heterocycles. The Labute approximate surface area is 69.2 Å². The zero-order chi connectivity index (χ0) is 8.39. The van der Waals surface area contributed by atoms with Crippen molar-refractivity contribution in [2.75, 3.05) is 0 Å². The summed E-state index contributed by atoms with van der Waals surface area (Å²) >= 11 is 0. The normalized spacial score (nSPS) is 13.1. The van der Waals surface area contributed by atoms with Gasteiger partial charge in [-0.1, -0.05) is 5.16 Å². The molecule has 0 spiro atoms. The highest BCUT2D eigenvalue weighted by Crippen LogP contribution is 2.19. The van der Waals surface area contributed by atoms with Gasteiger partial charge in [-0.05, 0) is 6.92 Å². The van der Waals surface area contributed by atoms with Gasteiger partial charge in [-0.2, -0.15) is 0 Å². The van der Waals surface area contributed by atoms with E-state index in [4.69, 9.17) is 8.94 Å². The maximum Gasteiger partial charge on any atom is 0.202 e. The molecule has 2 rings (SSSR count). The zero-order valence-corrected chi connectivity index (χ0v) is 6.60. The van der Waals surface area contributed by atoms with E-state index in [1.165, 1.54) is 6.26 Å². The van der Waals surface area contributed by atoms with Gasteiger partial charge in [-0.15, -0.1) is 0 Å². The smallest absolute Gasteiger partial charge is 0.202 e. The molecule has 1 unspecified atom stereocenters. The molecule has 2 aromatic heterocycles. The monoisotopic (exact) mass is 164 g/mol. The first-order valence-electron chi connectivity index (χ1n) is 3.67. The Bertz CT molecular complexity index is 292. The predicted octanol–water partition coefficient (Wildman–Crippen LogP) is 1.81. The van der Waals surface area contributed by atoms with Gasteiger partial charge in [0.15, 0.2) is 0 Å². The lowest BCUT2D eigenvalue weighted by Gasteiger charge is -1.99. The molecule has 0 aliphatic rings. The molecule has 0 aliphatic carbocycles. The van der Waals surface area contributed by atoms with E-state index < -0.39 is 0 Å². The van der Waals surface area contributed by atoms with Gasteiger partial charge in [0.25, 0.3) is 0 Å². The first kappa shape index (κ1) is 7.09. The molecule has 0 N–H and O–H groups in total.